The monoisotopic (exact) mass is 254 g/mol. The molecule has 1 saturated carbocycles. The first kappa shape index (κ1) is 12.7. The molecule has 2 rings (SSSR count). The van der Waals surface area contributed by atoms with E-state index in [-0.39, 0.29) is 11.3 Å². The second kappa shape index (κ2) is 4.48. The van der Waals surface area contributed by atoms with Crippen molar-refractivity contribution >= 4 is 5.97 Å². The van der Waals surface area contributed by atoms with Crippen LogP contribution in [0.4, 0.5) is 4.39 Å². The van der Waals surface area contributed by atoms with Crippen molar-refractivity contribution in [3.8, 4) is 11.5 Å². The van der Waals surface area contributed by atoms with Gasteiger partial charge in [-0.1, -0.05) is 12.8 Å². The molecule has 98 valence electrons. The fourth-order valence-corrected chi connectivity index (χ4v) is 2.72. The quantitative estimate of drug-likeness (QED) is 0.869. The third-order valence-corrected chi connectivity index (χ3v) is 3.66. The lowest BCUT2D eigenvalue weighted by molar-refractivity contribution is -0.143. The van der Waals surface area contributed by atoms with E-state index in [9.17, 15) is 19.4 Å². The number of carboxylic acids is 1. The minimum Gasteiger partial charge on any atom is -0.504 e. The topological polar surface area (TPSA) is 66.8 Å². The molecule has 0 unspecified atom stereocenters. The van der Waals surface area contributed by atoms with Crippen molar-refractivity contribution in [1.29, 1.82) is 0 Å². The molecule has 0 atom stereocenters. The first-order valence-electron chi connectivity index (χ1n) is 5.82. The number of hydrogen-bond donors (Lipinski definition) is 2. The molecule has 0 heterocycles. The molecule has 0 bridgehead atoms. The summed E-state index contributed by atoms with van der Waals surface area (Å²) < 4.78 is 18.9. The fraction of sp³-hybridized carbons (Fsp3) is 0.462. The Kier molecular flexibility index (Phi) is 3.15. The van der Waals surface area contributed by atoms with E-state index < -0.39 is 23.0 Å². The number of halogens is 1. The van der Waals surface area contributed by atoms with Crippen LogP contribution in [0.15, 0.2) is 12.1 Å². The third-order valence-electron chi connectivity index (χ3n) is 3.66. The van der Waals surface area contributed by atoms with Crippen LogP contribution < -0.4 is 4.74 Å². The summed E-state index contributed by atoms with van der Waals surface area (Å²) in [4.78, 5) is 11.5. The second-order valence-corrected chi connectivity index (χ2v) is 4.57. The number of hydrogen-bond acceptors (Lipinski definition) is 3. The minimum atomic E-state index is -1.33. The van der Waals surface area contributed by atoms with Crippen molar-refractivity contribution in [3.63, 3.8) is 0 Å². The molecular formula is C13H15FO4. The van der Waals surface area contributed by atoms with Gasteiger partial charge in [-0.05, 0) is 25.0 Å². The van der Waals surface area contributed by atoms with Crippen LogP contribution >= 0.6 is 0 Å². The van der Waals surface area contributed by atoms with E-state index >= 15 is 0 Å². The highest BCUT2D eigenvalue weighted by Crippen LogP contribution is 2.48. The standard InChI is InChI=1S/C13H15FO4/c1-18-9-5-4-8(14)10(11(9)15)13(12(16)17)6-2-3-7-13/h4-5,15H,2-3,6-7H2,1H3,(H,16,17). The molecule has 2 N–H and O–H groups in total. The first-order chi connectivity index (χ1) is 8.53. The third kappa shape index (κ3) is 1.70. The predicted octanol–water partition coefficient (Wildman–Crippen LogP) is 2.44. The Morgan fingerprint density at radius 1 is 1.39 bits per heavy atom. The summed E-state index contributed by atoms with van der Waals surface area (Å²) in [5, 5.41) is 19.4. The summed E-state index contributed by atoms with van der Waals surface area (Å²) in [6.07, 6.45) is 2.09. The van der Waals surface area contributed by atoms with Gasteiger partial charge in [-0.2, -0.15) is 0 Å². The van der Waals surface area contributed by atoms with Gasteiger partial charge in [-0.3, -0.25) is 4.79 Å². The zero-order valence-electron chi connectivity index (χ0n) is 10.1. The van der Waals surface area contributed by atoms with E-state index in [4.69, 9.17) is 4.74 Å². The molecule has 0 radical (unpaired) electrons. The number of phenols is 1. The van der Waals surface area contributed by atoms with Gasteiger partial charge in [0.15, 0.2) is 11.5 Å². The minimum absolute atomic E-state index is 0.0962. The Labute approximate surface area is 104 Å². The number of aromatic hydroxyl groups is 1. The summed E-state index contributed by atoms with van der Waals surface area (Å²) in [5.41, 5.74) is -1.48. The average Bonchev–Trinajstić information content (AvgIpc) is 2.80. The summed E-state index contributed by atoms with van der Waals surface area (Å²) >= 11 is 0. The Morgan fingerprint density at radius 2 is 2.00 bits per heavy atom. The molecule has 18 heavy (non-hydrogen) atoms. The summed E-state index contributed by atoms with van der Waals surface area (Å²) in [5.74, 6) is -2.10. The van der Waals surface area contributed by atoms with Gasteiger partial charge in [0, 0.05) is 0 Å². The number of aliphatic carboxylic acids is 1. The molecule has 1 aliphatic carbocycles. The predicted molar refractivity (Wildman–Crippen MR) is 62.4 cm³/mol. The highest BCUT2D eigenvalue weighted by atomic mass is 19.1. The van der Waals surface area contributed by atoms with Crippen LogP contribution in [0.25, 0.3) is 0 Å². The van der Waals surface area contributed by atoms with E-state index in [0.717, 1.165) is 6.07 Å². The van der Waals surface area contributed by atoms with Gasteiger partial charge in [0.2, 0.25) is 0 Å². The molecule has 0 saturated heterocycles. The van der Waals surface area contributed by atoms with Crippen molar-refractivity contribution in [2.45, 2.75) is 31.1 Å². The molecule has 1 aromatic rings. The molecule has 0 spiro atoms. The highest BCUT2D eigenvalue weighted by Gasteiger charge is 2.47. The van der Waals surface area contributed by atoms with E-state index in [2.05, 4.69) is 0 Å². The Hall–Kier alpha value is -1.78. The molecule has 4 nitrogen and oxygen atoms in total. The van der Waals surface area contributed by atoms with Gasteiger partial charge in [-0.25, -0.2) is 4.39 Å². The van der Waals surface area contributed by atoms with Gasteiger partial charge < -0.3 is 14.9 Å². The van der Waals surface area contributed by atoms with Crippen molar-refractivity contribution in [2.24, 2.45) is 0 Å². The SMILES string of the molecule is COc1ccc(F)c(C2(C(=O)O)CCCC2)c1O. The van der Waals surface area contributed by atoms with Gasteiger partial charge in [0.25, 0.3) is 0 Å². The zero-order chi connectivity index (χ0) is 13.3. The molecule has 0 aliphatic heterocycles. The van der Waals surface area contributed by atoms with Crippen LogP contribution in [0.1, 0.15) is 31.2 Å². The van der Waals surface area contributed by atoms with E-state index in [1.807, 2.05) is 0 Å². The maximum Gasteiger partial charge on any atom is 0.314 e. The number of methoxy groups -OCH3 is 1. The Balaban J connectivity index is 2.65. The molecular weight excluding hydrogens is 239 g/mol. The van der Waals surface area contributed by atoms with Crippen molar-refractivity contribution in [1.82, 2.24) is 0 Å². The molecule has 0 aromatic heterocycles. The molecule has 0 amide bonds. The fourth-order valence-electron chi connectivity index (χ4n) is 2.72. The zero-order valence-corrected chi connectivity index (χ0v) is 10.1. The number of carbonyl (C=O) groups is 1. The average molecular weight is 254 g/mol. The molecule has 1 aromatic carbocycles. The van der Waals surface area contributed by atoms with Crippen LogP contribution in [0, 0.1) is 5.82 Å². The van der Waals surface area contributed by atoms with Crippen LogP contribution in [-0.4, -0.2) is 23.3 Å². The van der Waals surface area contributed by atoms with Crippen LogP contribution in [0.2, 0.25) is 0 Å². The normalized spacial score (nSPS) is 17.7. The summed E-state index contributed by atoms with van der Waals surface area (Å²) in [6.45, 7) is 0. The summed E-state index contributed by atoms with van der Waals surface area (Å²) in [6, 6.07) is 2.43. The number of ether oxygens (including phenoxy) is 1. The number of phenolic OH excluding ortho intramolecular Hbond substituents is 1. The highest BCUT2D eigenvalue weighted by molar-refractivity contribution is 5.83. The van der Waals surface area contributed by atoms with Crippen molar-refractivity contribution < 1.29 is 24.1 Å². The second-order valence-electron chi connectivity index (χ2n) is 4.57. The van der Waals surface area contributed by atoms with E-state index in [0.29, 0.717) is 25.7 Å². The van der Waals surface area contributed by atoms with Crippen LogP contribution in [0.3, 0.4) is 0 Å². The Bertz CT molecular complexity index is 478. The smallest absolute Gasteiger partial charge is 0.314 e. The summed E-state index contributed by atoms with van der Waals surface area (Å²) in [7, 11) is 1.35. The molecule has 1 fully saturated rings. The van der Waals surface area contributed by atoms with E-state index in [1.165, 1.54) is 13.2 Å². The number of carboxylic acid groups (broad SMARTS) is 1. The first-order valence-corrected chi connectivity index (χ1v) is 5.82. The lowest BCUT2D eigenvalue weighted by Gasteiger charge is -2.26. The maximum atomic E-state index is 13.9. The Morgan fingerprint density at radius 3 is 2.50 bits per heavy atom. The van der Waals surface area contributed by atoms with Crippen LogP contribution in [-0.2, 0) is 10.2 Å². The largest absolute Gasteiger partial charge is 0.504 e. The molecule has 1 aliphatic rings. The van der Waals surface area contributed by atoms with Gasteiger partial charge >= 0.3 is 5.97 Å². The van der Waals surface area contributed by atoms with Crippen LogP contribution in [0.5, 0.6) is 11.5 Å². The number of rotatable bonds is 3. The number of benzene rings is 1. The van der Waals surface area contributed by atoms with Gasteiger partial charge in [-0.15, -0.1) is 0 Å². The maximum absolute atomic E-state index is 13.9. The van der Waals surface area contributed by atoms with E-state index in [1.54, 1.807) is 0 Å². The van der Waals surface area contributed by atoms with Crippen molar-refractivity contribution in [3.05, 3.63) is 23.5 Å². The lowest BCUT2D eigenvalue weighted by atomic mass is 9.78. The lowest BCUT2D eigenvalue weighted by Crippen LogP contribution is -2.33. The van der Waals surface area contributed by atoms with Crippen molar-refractivity contribution in [2.75, 3.05) is 7.11 Å². The molecule has 5 heteroatoms. The van der Waals surface area contributed by atoms with Gasteiger partial charge in [0.05, 0.1) is 18.1 Å². The van der Waals surface area contributed by atoms with Gasteiger partial charge in [0.1, 0.15) is 5.82 Å².